The fourth-order valence-electron chi connectivity index (χ4n) is 1.68. The van der Waals surface area contributed by atoms with Gasteiger partial charge in [-0.05, 0) is 19.1 Å². The number of ether oxygens (including phenoxy) is 1. The Hall–Kier alpha value is -2.97. The topological polar surface area (TPSA) is 107 Å². The average Bonchev–Trinajstić information content (AvgIpc) is 3.06. The second kappa shape index (κ2) is 4.61. The number of carbonyl (C=O) groups excluding carboxylic acids is 1. The lowest BCUT2D eigenvalue weighted by Crippen LogP contribution is -2.14. The van der Waals surface area contributed by atoms with E-state index in [4.69, 9.17) is 4.74 Å². The molecule has 9 nitrogen and oxygen atoms in total. The summed E-state index contributed by atoms with van der Waals surface area (Å²) >= 11 is 0. The van der Waals surface area contributed by atoms with Gasteiger partial charge >= 0.3 is 11.7 Å². The van der Waals surface area contributed by atoms with Crippen LogP contribution in [0.5, 0.6) is 0 Å². The molecule has 3 rings (SSSR count). The summed E-state index contributed by atoms with van der Waals surface area (Å²) in [6.07, 6.45) is 2.86. The normalized spacial score (nSPS) is 10.8. The Morgan fingerprint density at radius 2 is 2.30 bits per heavy atom. The maximum absolute atomic E-state index is 11.5. The first kappa shape index (κ1) is 12.1. The van der Waals surface area contributed by atoms with Crippen molar-refractivity contribution in [1.82, 2.24) is 29.6 Å². The Labute approximate surface area is 111 Å². The molecule has 0 saturated carbocycles. The van der Waals surface area contributed by atoms with Gasteiger partial charge in [-0.25, -0.2) is 19.4 Å². The van der Waals surface area contributed by atoms with E-state index < -0.39 is 11.7 Å². The van der Waals surface area contributed by atoms with E-state index in [2.05, 4.69) is 20.4 Å². The second-order valence-electron chi connectivity index (χ2n) is 3.88. The Morgan fingerprint density at radius 1 is 1.45 bits per heavy atom. The summed E-state index contributed by atoms with van der Waals surface area (Å²) in [5, 5.41) is 14.2. The van der Waals surface area contributed by atoms with Gasteiger partial charge in [-0.2, -0.15) is 14.7 Å². The minimum atomic E-state index is -0.458. The van der Waals surface area contributed by atoms with Crippen molar-refractivity contribution in [3.63, 3.8) is 0 Å². The van der Waals surface area contributed by atoms with Crippen LogP contribution in [0.4, 0.5) is 0 Å². The minimum absolute atomic E-state index is 0.290. The van der Waals surface area contributed by atoms with E-state index in [1.54, 1.807) is 19.1 Å². The number of nitrogens with zero attached hydrogens (tertiary/aromatic N) is 5. The highest BCUT2D eigenvalue weighted by Gasteiger charge is 2.11. The van der Waals surface area contributed by atoms with Gasteiger partial charge < -0.3 is 4.74 Å². The van der Waals surface area contributed by atoms with Gasteiger partial charge in [-0.3, -0.25) is 0 Å². The molecule has 3 aromatic heterocycles. The fraction of sp³-hybridized carbons (Fsp3) is 0.182. The Bertz CT molecular complexity index is 830. The lowest BCUT2D eigenvalue weighted by Gasteiger charge is -1.99. The van der Waals surface area contributed by atoms with Crippen molar-refractivity contribution >= 4 is 11.6 Å². The van der Waals surface area contributed by atoms with Crippen LogP contribution in [0.3, 0.4) is 0 Å². The molecule has 0 aliphatic rings. The van der Waals surface area contributed by atoms with Crippen LogP contribution in [0.25, 0.3) is 11.5 Å². The van der Waals surface area contributed by atoms with Crippen LogP contribution in [0.2, 0.25) is 0 Å². The number of aromatic amines is 1. The molecule has 0 spiro atoms. The number of aromatic nitrogens is 6. The maximum Gasteiger partial charge on any atom is 0.364 e. The van der Waals surface area contributed by atoms with Crippen molar-refractivity contribution in [2.75, 3.05) is 6.61 Å². The third-order valence-electron chi connectivity index (χ3n) is 2.59. The average molecular weight is 274 g/mol. The van der Waals surface area contributed by atoms with E-state index in [-0.39, 0.29) is 0 Å². The summed E-state index contributed by atoms with van der Waals surface area (Å²) in [5.74, 6) is -0.0724. The molecule has 3 aromatic rings. The van der Waals surface area contributed by atoms with Crippen molar-refractivity contribution in [3.8, 4) is 5.82 Å². The summed E-state index contributed by atoms with van der Waals surface area (Å²) in [7, 11) is 0. The number of esters is 1. The molecule has 3 heterocycles. The Morgan fingerprint density at radius 3 is 3.10 bits per heavy atom. The number of nitrogens with one attached hydrogen (secondary N) is 1. The predicted molar refractivity (Wildman–Crippen MR) is 66.7 cm³/mol. The van der Waals surface area contributed by atoms with Crippen LogP contribution in [0, 0.1) is 0 Å². The number of hydrogen-bond acceptors (Lipinski definition) is 6. The smallest absolute Gasteiger partial charge is 0.364 e. The van der Waals surface area contributed by atoms with Crippen LogP contribution in [0.15, 0.2) is 29.3 Å². The summed E-state index contributed by atoms with van der Waals surface area (Å²) in [5.41, 5.74) is 0.268. The third-order valence-corrected chi connectivity index (χ3v) is 2.59. The number of rotatable bonds is 3. The lowest BCUT2D eigenvalue weighted by atomic mass is 10.4. The zero-order valence-corrected chi connectivity index (χ0v) is 10.5. The molecule has 0 unspecified atom stereocenters. The SMILES string of the molecule is CCOC(=O)c1cnn(-c2ccc3n[nH]c(=O)n3n2)c1. The van der Waals surface area contributed by atoms with Crippen LogP contribution in [0.1, 0.15) is 17.3 Å². The molecule has 102 valence electrons. The van der Waals surface area contributed by atoms with Gasteiger partial charge in [0.15, 0.2) is 11.5 Å². The molecule has 0 aliphatic heterocycles. The Balaban J connectivity index is 2.00. The molecule has 20 heavy (non-hydrogen) atoms. The first-order valence-corrected chi connectivity index (χ1v) is 5.85. The molecule has 0 saturated heterocycles. The lowest BCUT2D eigenvalue weighted by molar-refractivity contribution is 0.0526. The van der Waals surface area contributed by atoms with Crippen LogP contribution < -0.4 is 5.69 Å². The van der Waals surface area contributed by atoms with Crippen LogP contribution in [-0.2, 0) is 4.74 Å². The highest BCUT2D eigenvalue weighted by Crippen LogP contribution is 2.07. The van der Waals surface area contributed by atoms with Crippen molar-refractivity contribution < 1.29 is 9.53 Å². The van der Waals surface area contributed by atoms with E-state index >= 15 is 0 Å². The molecule has 0 radical (unpaired) electrons. The fourth-order valence-corrected chi connectivity index (χ4v) is 1.68. The third kappa shape index (κ3) is 1.94. The van der Waals surface area contributed by atoms with E-state index in [0.29, 0.717) is 23.6 Å². The molecular formula is C11H10N6O3. The Kier molecular flexibility index (Phi) is 2.78. The van der Waals surface area contributed by atoms with Gasteiger partial charge in [-0.1, -0.05) is 0 Å². The number of hydrogen-bond donors (Lipinski definition) is 1. The molecule has 0 fully saturated rings. The van der Waals surface area contributed by atoms with Gasteiger partial charge in [0.1, 0.15) is 0 Å². The van der Waals surface area contributed by atoms with Crippen molar-refractivity contribution in [3.05, 3.63) is 40.6 Å². The van der Waals surface area contributed by atoms with E-state index in [9.17, 15) is 9.59 Å². The van der Waals surface area contributed by atoms with Crippen molar-refractivity contribution in [2.24, 2.45) is 0 Å². The second-order valence-corrected chi connectivity index (χ2v) is 3.88. The van der Waals surface area contributed by atoms with Gasteiger partial charge in [0.25, 0.3) is 0 Å². The highest BCUT2D eigenvalue weighted by molar-refractivity contribution is 5.88. The van der Waals surface area contributed by atoms with Crippen LogP contribution in [-0.4, -0.2) is 42.2 Å². The van der Waals surface area contributed by atoms with Crippen LogP contribution >= 0.6 is 0 Å². The zero-order valence-electron chi connectivity index (χ0n) is 10.5. The minimum Gasteiger partial charge on any atom is -0.462 e. The first-order valence-electron chi connectivity index (χ1n) is 5.85. The molecular weight excluding hydrogens is 264 g/mol. The molecule has 1 N–H and O–H groups in total. The first-order chi connectivity index (χ1) is 9.69. The van der Waals surface area contributed by atoms with Gasteiger partial charge in [0, 0.05) is 6.20 Å². The molecule has 0 aliphatic carbocycles. The predicted octanol–water partition coefficient (Wildman–Crippen LogP) is -0.220. The van der Waals surface area contributed by atoms with Gasteiger partial charge in [0.05, 0.1) is 18.4 Å². The number of fused-ring (bicyclic) bond motifs is 1. The highest BCUT2D eigenvalue weighted by atomic mass is 16.5. The molecule has 9 heteroatoms. The largest absolute Gasteiger partial charge is 0.462 e. The summed E-state index contributed by atoms with van der Waals surface area (Å²) in [6, 6.07) is 3.25. The van der Waals surface area contributed by atoms with Crippen molar-refractivity contribution in [1.29, 1.82) is 0 Å². The summed E-state index contributed by atoms with van der Waals surface area (Å²) < 4.78 is 7.36. The summed E-state index contributed by atoms with van der Waals surface area (Å²) in [6.45, 7) is 2.02. The number of H-pyrrole nitrogens is 1. The molecule has 0 bridgehead atoms. The van der Waals surface area contributed by atoms with E-state index in [0.717, 1.165) is 4.52 Å². The standard InChI is InChI=1S/C11H10N6O3/c1-2-20-10(18)7-5-12-16(6-7)9-4-3-8-13-14-11(19)17(8)15-9/h3-6H,2H2,1H3,(H,14,19). The van der Waals surface area contributed by atoms with Gasteiger partial charge in [0.2, 0.25) is 0 Å². The maximum atomic E-state index is 11.5. The van der Waals surface area contributed by atoms with E-state index in [1.807, 2.05) is 0 Å². The van der Waals surface area contributed by atoms with E-state index in [1.165, 1.54) is 17.1 Å². The monoisotopic (exact) mass is 274 g/mol. The quantitative estimate of drug-likeness (QED) is 0.662. The van der Waals surface area contributed by atoms with Gasteiger partial charge in [-0.15, -0.1) is 5.10 Å². The van der Waals surface area contributed by atoms with Crippen molar-refractivity contribution in [2.45, 2.75) is 6.92 Å². The molecule has 0 aromatic carbocycles. The number of carbonyl (C=O) groups is 1. The molecule has 0 atom stereocenters. The summed E-state index contributed by atoms with van der Waals surface area (Å²) in [4.78, 5) is 23.0. The molecule has 0 amide bonds. The zero-order chi connectivity index (χ0) is 14.1.